The van der Waals surface area contributed by atoms with Crippen molar-refractivity contribution in [2.75, 3.05) is 12.4 Å². The molecule has 0 atom stereocenters. The lowest BCUT2D eigenvalue weighted by Gasteiger charge is -2.09. The molecule has 2 aromatic carbocycles. The highest BCUT2D eigenvalue weighted by molar-refractivity contribution is 9.10. The van der Waals surface area contributed by atoms with Gasteiger partial charge in [0.1, 0.15) is 5.75 Å². The van der Waals surface area contributed by atoms with E-state index in [0.29, 0.717) is 0 Å². The smallest absolute Gasteiger partial charge is 0.135 e. The third-order valence-corrected chi connectivity index (χ3v) is 3.47. The molecule has 2 nitrogen and oxygen atoms in total. The summed E-state index contributed by atoms with van der Waals surface area (Å²) >= 11 is 9.27. The number of hydrogen-bond donors (Lipinski definition) is 1. The predicted molar refractivity (Wildman–Crippen MR) is 79.5 cm³/mol. The van der Waals surface area contributed by atoms with Gasteiger partial charge in [0.15, 0.2) is 0 Å². The number of nitrogens with one attached hydrogen (secondary N) is 1. The average Bonchev–Trinajstić information content (AvgIpc) is 2.39. The van der Waals surface area contributed by atoms with Gasteiger partial charge in [-0.2, -0.15) is 0 Å². The van der Waals surface area contributed by atoms with Crippen molar-refractivity contribution in [1.82, 2.24) is 0 Å². The van der Waals surface area contributed by atoms with Crippen molar-refractivity contribution in [2.45, 2.75) is 6.54 Å². The summed E-state index contributed by atoms with van der Waals surface area (Å²) in [4.78, 5) is 0. The zero-order valence-electron chi connectivity index (χ0n) is 9.91. The third-order valence-electron chi connectivity index (χ3n) is 2.56. The second-order valence-corrected chi connectivity index (χ2v) is 5.12. The van der Waals surface area contributed by atoms with Crippen molar-refractivity contribution in [1.29, 1.82) is 0 Å². The first kappa shape index (κ1) is 13.2. The molecule has 0 fully saturated rings. The van der Waals surface area contributed by atoms with Crippen LogP contribution >= 0.6 is 27.5 Å². The number of ether oxygens (including phenoxy) is 1. The van der Waals surface area contributed by atoms with Gasteiger partial charge >= 0.3 is 0 Å². The Morgan fingerprint density at radius 3 is 2.56 bits per heavy atom. The number of hydrogen-bond acceptors (Lipinski definition) is 2. The summed E-state index contributed by atoms with van der Waals surface area (Å²) in [6.45, 7) is 0.752. The monoisotopic (exact) mass is 325 g/mol. The van der Waals surface area contributed by atoms with E-state index >= 15 is 0 Å². The Hall–Kier alpha value is -1.19. The minimum Gasteiger partial charge on any atom is -0.495 e. The van der Waals surface area contributed by atoms with Gasteiger partial charge in [-0.1, -0.05) is 23.7 Å². The predicted octanol–water partition coefficient (Wildman–Crippen LogP) is 4.72. The first-order valence-corrected chi connectivity index (χ1v) is 6.68. The van der Waals surface area contributed by atoms with Gasteiger partial charge in [0.25, 0.3) is 0 Å². The number of anilines is 1. The molecule has 0 aromatic heterocycles. The number of rotatable bonds is 4. The summed E-state index contributed by atoms with van der Waals surface area (Å²) in [5.74, 6) is 0.816. The Balaban J connectivity index is 2.04. The minimum atomic E-state index is 0.752. The van der Waals surface area contributed by atoms with Crippen molar-refractivity contribution >= 4 is 33.2 Å². The van der Waals surface area contributed by atoms with Gasteiger partial charge in [0.2, 0.25) is 0 Å². The minimum absolute atomic E-state index is 0.752. The summed E-state index contributed by atoms with van der Waals surface area (Å²) in [5, 5.41) is 4.09. The Bertz CT molecular complexity index is 528. The lowest BCUT2D eigenvalue weighted by atomic mass is 10.2. The Kier molecular flexibility index (Phi) is 4.50. The van der Waals surface area contributed by atoms with E-state index < -0.39 is 0 Å². The van der Waals surface area contributed by atoms with Gasteiger partial charge < -0.3 is 10.1 Å². The molecule has 0 aliphatic rings. The molecule has 4 heteroatoms. The van der Waals surface area contributed by atoms with Gasteiger partial charge in [-0.3, -0.25) is 0 Å². The van der Waals surface area contributed by atoms with Crippen molar-refractivity contribution in [2.24, 2.45) is 0 Å². The lowest BCUT2D eigenvalue weighted by Crippen LogP contribution is -1.99. The SMILES string of the molecule is COc1cc(NCc2ccc(Cl)cc2)ccc1Br. The third kappa shape index (κ3) is 3.40. The van der Waals surface area contributed by atoms with Gasteiger partial charge in [0, 0.05) is 23.3 Å². The molecule has 2 aromatic rings. The van der Waals surface area contributed by atoms with E-state index in [0.717, 1.165) is 27.5 Å². The summed E-state index contributed by atoms with van der Waals surface area (Å²) in [6.07, 6.45) is 0. The fourth-order valence-electron chi connectivity index (χ4n) is 1.58. The molecule has 0 heterocycles. The molecule has 0 saturated carbocycles. The van der Waals surface area contributed by atoms with Gasteiger partial charge in [-0.05, 0) is 45.8 Å². The van der Waals surface area contributed by atoms with Crippen LogP contribution in [0.4, 0.5) is 5.69 Å². The zero-order chi connectivity index (χ0) is 13.0. The quantitative estimate of drug-likeness (QED) is 0.877. The van der Waals surface area contributed by atoms with Gasteiger partial charge in [-0.15, -0.1) is 0 Å². The van der Waals surface area contributed by atoms with Crippen LogP contribution < -0.4 is 10.1 Å². The zero-order valence-corrected chi connectivity index (χ0v) is 12.3. The largest absolute Gasteiger partial charge is 0.495 e. The molecule has 0 aliphatic carbocycles. The van der Waals surface area contributed by atoms with Crippen molar-refractivity contribution in [3.8, 4) is 5.75 Å². The first-order chi connectivity index (χ1) is 8.69. The maximum absolute atomic E-state index is 5.84. The van der Waals surface area contributed by atoms with Crippen molar-refractivity contribution < 1.29 is 4.74 Å². The highest BCUT2D eigenvalue weighted by atomic mass is 79.9. The topological polar surface area (TPSA) is 21.3 Å². The molecule has 0 spiro atoms. The molecular formula is C14H13BrClNO. The maximum atomic E-state index is 5.84. The van der Waals surface area contributed by atoms with E-state index in [1.54, 1.807) is 7.11 Å². The van der Waals surface area contributed by atoms with Crippen LogP contribution in [0.5, 0.6) is 5.75 Å². The lowest BCUT2D eigenvalue weighted by molar-refractivity contribution is 0.412. The van der Waals surface area contributed by atoms with E-state index in [1.807, 2.05) is 42.5 Å². The van der Waals surface area contributed by atoms with E-state index in [9.17, 15) is 0 Å². The van der Waals surface area contributed by atoms with Crippen LogP contribution in [0, 0.1) is 0 Å². The molecular weight excluding hydrogens is 314 g/mol. The Morgan fingerprint density at radius 1 is 1.17 bits per heavy atom. The molecule has 94 valence electrons. The van der Waals surface area contributed by atoms with Crippen LogP contribution in [0.2, 0.25) is 5.02 Å². The van der Waals surface area contributed by atoms with Crippen molar-refractivity contribution in [3.05, 3.63) is 57.5 Å². The summed E-state index contributed by atoms with van der Waals surface area (Å²) in [7, 11) is 1.66. The Labute approximate surface area is 120 Å². The van der Waals surface area contributed by atoms with Crippen LogP contribution in [-0.4, -0.2) is 7.11 Å². The van der Waals surface area contributed by atoms with Crippen LogP contribution in [-0.2, 0) is 6.54 Å². The average molecular weight is 327 g/mol. The molecule has 1 N–H and O–H groups in total. The highest BCUT2D eigenvalue weighted by Crippen LogP contribution is 2.28. The fraction of sp³-hybridized carbons (Fsp3) is 0.143. The Morgan fingerprint density at radius 2 is 1.89 bits per heavy atom. The van der Waals surface area contributed by atoms with Gasteiger partial charge in [0.05, 0.1) is 11.6 Å². The summed E-state index contributed by atoms with van der Waals surface area (Å²) < 4.78 is 6.20. The summed E-state index contributed by atoms with van der Waals surface area (Å²) in [6, 6.07) is 13.7. The van der Waals surface area contributed by atoms with Crippen LogP contribution in [0.1, 0.15) is 5.56 Å². The standard InChI is InChI=1S/C14H13BrClNO/c1-18-14-8-12(6-7-13(14)15)17-9-10-2-4-11(16)5-3-10/h2-8,17H,9H2,1H3. The maximum Gasteiger partial charge on any atom is 0.135 e. The highest BCUT2D eigenvalue weighted by Gasteiger charge is 2.01. The fourth-order valence-corrected chi connectivity index (χ4v) is 2.11. The van der Waals surface area contributed by atoms with E-state index in [1.165, 1.54) is 5.56 Å². The summed E-state index contributed by atoms with van der Waals surface area (Å²) in [5.41, 5.74) is 2.20. The number of halogens is 2. The van der Waals surface area contributed by atoms with Crippen molar-refractivity contribution in [3.63, 3.8) is 0 Å². The molecule has 0 unspecified atom stereocenters. The molecule has 0 aliphatic heterocycles. The number of benzene rings is 2. The second-order valence-electron chi connectivity index (χ2n) is 3.83. The van der Waals surface area contributed by atoms with Crippen LogP contribution in [0.25, 0.3) is 0 Å². The number of methoxy groups -OCH3 is 1. The molecule has 2 rings (SSSR count). The van der Waals surface area contributed by atoms with E-state index in [4.69, 9.17) is 16.3 Å². The molecule has 0 saturated heterocycles. The van der Waals surface area contributed by atoms with E-state index in [2.05, 4.69) is 21.2 Å². The van der Waals surface area contributed by atoms with Crippen LogP contribution in [0.3, 0.4) is 0 Å². The normalized spacial score (nSPS) is 10.2. The second kappa shape index (κ2) is 6.12. The van der Waals surface area contributed by atoms with Crippen LogP contribution in [0.15, 0.2) is 46.9 Å². The molecule has 0 amide bonds. The van der Waals surface area contributed by atoms with Gasteiger partial charge in [-0.25, -0.2) is 0 Å². The molecule has 0 bridgehead atoms. The molecule has 18 heavy (non-hydrogen) atoms. The molecule has 0 radical (unpaired) electrons. The first-order valence-electron chi connectivity index (χ1n) is 5.51. The van der Waals surface area contributed by atoms with E-state index in [-0.39, 0.29) is 0 Å².